The van der Waals surface area contributed by atoms with E-state index in [9.17, 15) is 75.8 Å². The molecule has 0 aromatic heterocycles. The average molecular weight is 481 g/mol. The molecular weight excluding hydrogens is 473 g/mol. The summed E-state index contributed by atoms with van der Waals surface area (Å²) in [7, 11) is 0. The van der Waals surface area contributed by atoms with Crippen LogP contribution >= 0.6 is 0 Å². The third kappa shape index (κ3) is 3.56. The number of halogens is 15. The van der Waals surface area contributed by atoms with Gasteiger partial charge in [0.15, 0.2) is 0 Å². The number of carboxylic acids is 1. The van der Waals surface area contributed by atoms with Crippen LogP contribution in [0.4, 0.5) is 65.9 Å². The molecule has 0 aliphatic heterocycles. The second-order valence-electron chi connectivity index (χ2n) is 5.69. The number of carbonyl (C=O) groups is 1. The molecule has 178 valence electrons. The van der Waals surface area contributed by atoms with Gasteiger partial charge in [-0.2, -0.15) is 65.9 Å². The van der Waals surface area contributed by atoms with Gasteiger partial charge in [-0.1, -0.05) is 6.92 Å². The molecule has 2 nitrogen and oxygen atoms in total. The molecule has 0 N–H and O–H groups in total. The van der Waals surface area contributed by atoms with Crippen molar-refractivity contribution in [3.8, 4) is 0 Å². The Balaban J connectivity index is 6.92. The Morgan fingerprint density at radius 1 is 0.633 bits per heavy atom. The van der Waals surface area contributed by atoms with E-state index in [0.717, 1.165) is 0 Å². The van der Waals surface area contributed by atoms with Crippen LogP contribution in [-0.2, 0) is 4.79 Å². The molecule has 0 aliphatic rings. The van der Waals surface area contributed by atoms with Crippen LogP contribution in [0.15, 0.2) is 11.1 Å². The molecule has 0 heterocycles. The molecule has 0 unspecified atom stereocenters. The van der Waals surface area contributed by atoms with Gasteiger partial charge in [-0.25, -0.2) is 0 Å². The molecule has 0 aromatic carbocycles. The van der Waals surface area contributed by atoms with Crippen molar-refractivity contribution in [3.05, 3.63) is 11.1 Å². The van der Waals surface area contributed by atoms with Crippen LogP contribution in [0.3, 0.4) is 0 Å². The third-order valence-corrected chi connectivity index (χ3v) is 3.82. The molecule has 0 radical (unpaired) electrons. The molecule has 0 spiro atoms. The number of aliphatic carboxylic acids is 1. The largest absolute Gasteiger partial charge is 0.545 e. The number of allylic oxidation sites excluding steroid dienone is 1. The summed E-state index contributed by atoms with van der Waals surface area (Å²) in [5.74, 6) is -50.3. The first-order chi connectivity index (χ1) is 12.8. The van der Waals surface area contributed by atoms with E-state index >= 15 is 0 Å². The number of hydrogen-bond donors (Lipinski definition) is 0. The van der Waals surface area contributed by atoms with Gasteiger partial charge in [0.2, 0.25) is 0 Å². The van der Waals surface area contributed by atoms with Crippen molar-refractivity contribution in [1.29, 1.82) is 0 Å². The standard InChI is InChI=1S/C13H9F15O2/c1-3-5(4(2)6(29)30)7(14,15)8(16,17)9(18,19)10(20,21)11(22,23)12(24,25)13(26,27)28/h3H2,1-2H3,(H,29,30)/p-1. The van der Waals surface area contributed by atoms with Crippen LogP contribution in [0.25, 0.3) is 0 Å². The van der Waals surface area contributed by atoms with Crippen molar-refractivity contribution in [1.82, 2.24) is 0 Å². The van der Waals surface area contributed by atoms with E-state index in [4.69, 9.17) is 0 Å². The Hall–Kier alpha value is -1.84. The molecule has 0 aromatic rings. The third-order valence-electron chi connectivity index (χ3n) is 3.82. The van der Waals surface area contributed by atoms with E-state index in [1.54, 1.807) is 0 Å². The molecule has 0 aliphatic carbocycles. The summed E-state index contributed by atoms with van der Waals surface area (Å²) in [5, 5.41) is 10.5. The van der Waals surface area contributed by atoms with Gasteiger partial charge in [0.05, 0.1) is 5.97 Å². The van der Waals surface area contributed by atoms with E-state index in [2.05, 4.69) is 0 Å². The maximum Gasteiger partial charge on any atom is 0.460 e. The minimum absolute atomic E-state index is 0.0425. The van der Waals surface area contributed by atoms with Gasteiger partial charge in [-0.3, -0.25) is 0 Å². The van der Waals surface area contributed by atoms with Gasteiger partial charge >= 0.3 is 41.7 Å². The fraction of sp³-hybridized carbons (Fsp3) is 0.769. The smallest absolute Gasteiger partial charge is 0.460 e. The minimum atomic E-state index is -8.42. The summed E-state index contributed by atoms with van der Waals surface area (Å²) >= 11 is 0. The Labute approximate surface area is 156 Å². The molecule has 17 heteroatoms. The lowest BCUT2D eigenvalue weighted by Crippen LogP contribution is -2.72. The quantitative estimate of drug-likeness (QED) is 0.368. The Morgan fingerprint density at radius 3 is 1.20 bits per heavy atom. The lowest BCUT2D eigenvalue weighted by Gasteiger charge is -2.42. The van der Waals surface area contributed by atoms with Crippen molar-refractivity contribution >= 4 is 5.97 Å². The van der Waals surface area contributed by atoms with E-state index in [1.165, 1.54) is 0 Å². The zero-order valence-electron chi connectivity index (χ0n) is 14.2. The van der Waals surface area contributed by atoms with E-state index in [1.807, 2.05) is 0 Å². The van der Waals surface area contributed by atoms with Crippen molar-refractivity contribution in [2.75, 3.05) is 0 Å². The average Bonchev–Trinajstić information content (AvgIpc) is 2.52. The first-order valence-corrected chi connectivity index (χ1v) is 7.05. The zero-order chi connectivity index (χ0) is 24.9. The Kier molecular flexibility index (Phi) is 6.93. The number of alkyl halides is 15. The van der Waals surface area contributed by atoms with Gasteiger partial charge < -0.3 is 9.90 Å². The van der Waals surface area contributed by atoms with Crippen LogP contribution in [0.5, 0.6) is 0 Å². The summed E-state index contributed by atoms with van der Waals surface area (Å²) in [6.07, 6.45) is -9.30. The van der Waals surface area contributed by atoms with Crippen molar-refractivity contribution in [2.45, 2.75) is 62.0 Å². The SMILES string of the molecule is CCC(=C(C)C(=O)[O-])C(F)(F)C(F)(F)C(F)(F)C(F)(F)C(F)(F)C(F)(F)C(F)(F)F. The van der Waals surface area contributed by atoms with Gasteiger partial charge in [0.1, 0.15) is 0 Å². The van der Waals surface area contributed by atoms with Crippen LogP contribution in [-0.4, -0.2) is 47.7 Å². The highest BCUT2D eigenvalue weighted by atomic mass is 19.4. The Bertz CT molecular complexity index is 702. The summed E-state index contributed by atoms with van der Waals surface area (Å²) < 4.78 is 196. The van der Waals surface area contributed by atoms with E-state index in [-0.39, 0.29) is 6.92 Å². The fourth-order valence-corrected chi connectivity index (χ4v) is 2.00. The lowest BCUT2D eigenvalue weighted by molar-refractivity contribution is -0.450. The zero-order valence-corrected chi connectivity index (χ0v) is 14.2. The monoisotopic (exact) mass is 481 g/mol. The summed E-state index contributed by atoms with van der Waals surface area (Å²) in [6, 6.07) is 0. The van der Waals surface area contributed by atoms with Crippen molar-refractivity contribution < 1.29 is 75.8 Å². The molecule has 0 fully saturated rings. The number of carbonyl (C=O) groups excluding carboxylic acids is 1. The van der Waals surface area contributed by atoms with Gasteiger partial charge in [0, 0.05) is 5.57 Å². The number of hydrogen-bond acceptors (Lipinski definition) is 2. The topological polar surface area (TPSA) is 40.1 Å². The molecule has 0 atom stereocenters. The normalized spacial score (nSPS) is 16.4. The number of carboxylic acid groups (broad SMARTS) is 1. The highest BCUT2D eigenvalue weighted by Crippen LogP contribution is 2.63. The van der Waals surface area contributed by atoms with Gasteiger partial charge in [-0.05, 0) is 18.9 Å². The molecule has 30 heavy (non-hydrogen) atoms. The molecule has 0 rings (SSSR count). The van der Waals surface area contributed by atoms with Crippen molar-refractivity contribution in [3.63, 3.8) is 0 Å². The molecular formula is C13H8F15O2-. The van der Waals surface area contributed by atoms with E-state index < -0.39 is 65.2 Å². The minimum Gasteiger partial charge on any atom is -0.545 e. The van der Waals surface area contributed by atoms with Crippen LogP contribution in [0.2, 0.25) is 0 Å². The first-order valence-electron chi connectivity index (χ1n) is 7.05. The van der Waals surface area contributed by atoms with Gasteiger partial charge in [0.25, 0.3) is 0 Å². The van der Waals surface area contributed by atoms with Crippen LogP contribution < -0.4 is 5.11 Å². The molecule has 0 saturated heterocycles. The van der Waals surface area contributed by atoms with Gasteiger partial charge in [-0.15, -0.1) is 0 Å². The summed E-state index contributed by atoms with van der Waals surface area (Å²) in [4.78, 5) is 10.5. The predicted molar refractivity (Wildman–Crippen MR) is 63.7 cm³/mol. The predicted octanol–water partition coefficient (Wildman–Crippen LogP) is 4.84. The molecule has 0 amide bonds. The maximum absolute atomic E-state index is 13.9. The van der Waals surface area contributed by atoms with Crippen molar-refractivity contribution in [2.24, 2.45) is 0 Å². The summed E-state index contributed by atoms with van der Waals surface area (Å²) in [6.45, 7) is 0.440. The van der Waals surface area contributed by atoms with E-state index in [0.29, 0.717) is 6.92 Å². The second-order valence-corrected chi connectivity index (χ2v) is 5.69. The first kappa shape index (κ1) is 28.2. The van der Waals surface area contributed by atoms with Crippen LogP contribution in [0, 0.1) is 0 Å². The second kappa shape index (κ2) is 7.39. The highest BCUT2D eigenvalue weighted by Gasteiger charge is 2.93. The maximum atomic E-state index is 13.9. The number of rotatable bonds is 8. The van der Waals surface area contributed by atoms with Crippen LogP contribution in [0.1, 0.15) is 20.3 Å². The summed E-state index contributed by atoms with van der Waals surface area (Å²) in [5.41, 5.74) is -4.50. The fourth-order valence-electron chi connectivity index (χ4n) is 2.00. The highest BCUT2D eigenvalue weighted by molar-refractivity contribution is 5.85. The lowest BCUT2D eigenvalue weighted by atomic mass is 9.86. The Morgan fingerprint density at radius 2 is 0.933 bits per heavy atom. The molecule has 0 bridgehead atoms. The molecule has 0 saturated carbocycles.